The SMILES string of the molecule is COc1cc(C(=O)N2CC[NH+](C)CC2)ccc1OCC(=O)[O-]. The van der Waals surface area contributed by atoms with Crippen LogP contribution in [0.5, 0.6) is 11.5 Å². The molecule has 1 aromatic carbocycles. The van der Waals surface area contributed by atoms with Crippen molar-refractivity contribution in [1.29, 1.82) is 0 Å². The molecule has 1 amide bonds. The van der Waals surface area contributed by atoms with E-state index in [0.717, 1.165) is 26.2 Å². The van der Waals surface area contributed by atoms with Gasteiger partial charge < -0.3 is 29.2 Å². The number of piperazine rings is 1. The summed E-state index contributed by atoms with van der Waals surface area (Å²) < 4.78 is 10.2. The maximum absolute atomic E-state index is 12.5. The molecule has 0 radical (unpaired) electrons. The molecule has 1 heterocycles. The molecule has 1 aliphatic rings. The van der Waals surface area contributed by atoms with Gasteiger partial charge in [0.2, 0.25) is 0 Å². The van der Waals surface area contributed by atoms with Gasteiger partial charge in [0.25, 0.3) is 5.91 Å². The van der Waals surface area contributed by atoms with Gasteiger partial charge in [0.15, 0.2) is 11.5 Å². The van der Waals surface area contributed by atoms with Crippen LogP contribution in [-0.2, 0) is 4.79 Å². The van der Waals surface area contributed by atoms with Gasteiger partial charge in [-0.2, -0.15) is 0 Å². The minimum absolute atomic E-state index is 0.0581. The Labute approximate surface area is 129 Å². The Morgan fingerprint density at radius 3 is 2.55 bits per heavy atom. The first-order valence-corrected chi connectivity index (χ1v) is 7.12. The minimum atomic E-state index is -1.32. The number of carbonyl (C=O) groups excluding carboxylic acids is 2. The highest BCUT2D eigenvalue weighted by Crippen LogP contribution is 2.28. The van der Waals surface area contributed by atoms with Crippen molar-refractivity contribution in [3.63, 3.8) is 0 Å². The van der Waals surface area contributed by atoms with E-state index in [1.54, 1.807) is 12.1 Å². The van der Waals surface area contributed by atoms with Crippen LogP contribution in [0.1, 0.15) is 10.4 Å². The summed E-state index contributed by atoms with van der Waals surface area (Å²) in [5.41, 5.74) is 0.497. The number of hydrogen-bond donors (Lipinski definition) is 1. The van der Waals surface area contributed by atoms with Crippen molar-refractivity contribution in [3.8, 4) is 11.5 Å². The van der Waals surface area contributed by atoms with Crippen LogP contribution in [0.2, 0.25) is 0 Å². The highest BCUT2D eigenvalue weighted by atomic mass is 16.5. The van der Waals surface area contributed by atoms with Crippen LogP contribution >= 0.6 is 0 Å². The number of carboxylic acid groups (broad SMARTS) is 1. The molecule has 0 unspecified atom stereocenters. The zero-order chi connectivity index (χ0) is 16.1. The lowest BCUT2D eigenvalue weighted by Crippen LogP contribution is -3.12. The lowest BCUT2D eigenvalue weighted by Gasteiger charge is -2.30. The van der Waals surface area contributed by atoms with Gasteiger partial charge in [0.1, 0.15) is 6.61 Å². The molecule has 0 aliphatic carbocycles. The smallest absolute Gasteiger partial charge is 0.254 e. The zero-order valence-electron chi connectivity index (χ0n) is 12.8. The van der Waals surface area contributed by atoms with E-state index in [0.29, 0.717) is 11.3 Å². The van der Waals surface area contributed by atoms with Crippen LogP contribution in [0.3, 0.4) is 0 Å². The van der Waals surface area contributed by atoms with Crippen LogP contribution in [0.4, 0.5) is 0 Å². The molecule has 0 bridgehead atoms. The number of quaternary nitrogens is 1. The van der Waals surface area contributed by atoms with Gasteiger partial charge in [-0.3, -0.25) is 4.79 Å². The van der Waals surface area contributed by atoms with E-state index >= 15 is 0 Å². The molecule has 1 saturated heterocycles. The number of methoxy groups -OCH3 is 1. The van der Waals surface area contributed by atoms with Gasteiger partial charge in [0.05, 0.1) is 46.3 Å². The molecule has 22 heavy (non-hydrogen) atoms. The third kappa shape index (κ3) is 3.88. The lowest BCUT2D eigenvalue weighted by molar-refractivity contribution is -0.883. The van der Waals surface area contributed by atoms with Crippen LogP contribution in [0.25, 0.3) is 0 Å². The van der Waals surface area contributed by atoms with E-state index in [1.165, 1.54) is 18.1 Å². The number of ether oxygens (including phenoxy) is 2. The van der Waals surface area contributed by atoms with E-state index in [1.807, 2.05) is 4.90 Å². The summed E-state index contributed by atoms with van der Waals surface area (Å²) in [5, 5.41) is 10.4. The van der Waals surface area contributed by atoms with Crippen LogP contribution in [0, 0.1) is 0 Å². The normalized spacial score (nSPS) is 15.5. The topological polar surface area (TPSA) is 83.3 Å². The van der Waals surface area contributed by atoms with Crippen LogP contribution in [0.15, 0.2) is 18.2 Å². The molecule has 0 saturated carbocycles. The van der Waals surface area contributed by atoms with Crippen LogP contribution < -0.4 is 19.5 Å². The second kappa shape index (κ2) is 7.13. The number of nitrogens with one attached hydrogen (secondary N) is 1. The Balaban J connectivity index is 2.11. The molecule has 1 aliphatic heterocycles. The van der Waals surface area contributed by atoms with Gasteiger partial charge in [-0.1, -0.05) is 0 Å². The minimum Gasteiger partial charge on any atom is -0.546 e. The number of likely N-dealkylation sites (N-methyl/N-ethyl adjacent to an activating group) is 1. The summed E-state index contributed by atoms with van der Waals surface area (Å²) in [4.78, 5) is 26.1. The Morgan fingerprint density at radius 2 is 1.95 bits per heavy atom. The first kappa shape index (κ1) is 16.1. The summed E-state index contributed by atoms with van der Waals surface area (Å²) in [5.74, 6) is -0.780. The molecule has 0 spiro atoms. The number of rotatable bonds is 5. The second-order valence-corrected chi connectivity index (χ2v) is 5.28. The first-order chi connectivity index (χ1) is 10.5. The van der Waals surface area contributed by atoms with Crippen molar-refractivity contribution in [1.82, 2.24) is 4.90 Å². The number of carboxylic acids is 1. The monoisotopic (exact) mass is 308 g/mol. The average molecular weight is 308 g/mol. The molecule has 2 rings (SSSR count). The number of carbonyl (C=O) groups is 2. The van der Waals surface area contributed by atoms with E-state index in [4.69, 9.17) is 9.47 Å². The highest BCUT2D eigenvalue weighted by molar-refractivity contribution is 5.95. The molecule has 120 valence electrons. The summed E-state index contributed by atoms with van der Waals surface area (Å²) in [7, 11) is 3.54. The van der Waals surface area contributed by atoms with Gasteiger partial charge in [-0.05, 0) is 18.2 Å². The summed E-state index contributed by atoms with van der Waals surface area (Å²) in [6.07, 6.45) is 0. The van der Waals surface area contributed by atoms with Gasteiger partial charge >= 0.3 is 0 Å². The number of amides is 1. The molecular formula is C15H20N2O5. The Kier molecular flexibility index (Phi) is 5.21. The third-order valence-electron chi connectivity index (χ3n) is 3.66. The van der Waals surface area contributed by atoms with Crippen molar-refractivity contribution >= 4 is 11.9 Å². The Bertz CT molecular complexity index is 553. The molecule has 7 heteroatoms. The fourth-order valence-electron chi connectivity index (χ4n) is 2.33. The van der Waals surface area contributed by atoms with Gasteiger partial charge in [-0.15, -0.1) is 0 Å². The van der Waals surface area contributed by atoms with Crippen molar-refractivity contribution in [2.45, 2.75) is 0 Å². The summed E-state index contributed by atoms with van der Waals surface area (Å²) in [6.45, 7) is 2.72. The van der Waals surface area contributed by atoms with Crippen LogP contribution in [-0.4, -0.2) is 63.7 Å². The van der Waals surface area contributed by atoms with Crippen molar-refractivity contribution in [2.24, 2.45) is 0 Å². The second-order valence-electron chi connectivity index (χ2n) is 5.28. The molecular weight excluding hydrogens is 288 g/mol. The predicted molar refractivity (Wildman–Crippen MR) is 76.0 cm³/mol. The highest BCUT2D eigenvalue weighted by Gasteiger charge is 2.23. The third-order valence-corrected chi connectivity index (χ3v) is 3.66. The summed E-state index contributed by atoms with van der Waals surface area (Å²) >= 11 is 0. The fourth-order valence-corrected chi connectivity index (χ4v) is 2.33. The van der Waals surface area contributed by atoms with Crippen molar-refractivity contribution in [3.05, 3.63) is 23.8 Å². The molecule has 1 aromatic rings. The Hall–Kier alpha value is -2.28. The number of benzene rings is 1. The van der Waals surface area contributed by atoms with E-state index in [-0.39, 0.29) is 11.7 Å². The van der Waals surface area contributed by atoms with E-state index < -0.39 is 12.6 Å². The number of hydrogen-bond acceptors (Lipinski definition) is 5. The number of nitrogens with zero attached hydrogens (tertiary/aromatic N) is 1. The quantitative estimate of drug-likeness (QED) is 0.667. The van der Waals surface area contributed by atoms with Crippen molar-refractivity contribution < 1.29 is 29.1 Å². The fraction of sp³-hybridized carbons (Fsp3) is 0.467. The lowest BCUT2D eigenvalue weighted by atomic mass is 10.1. The predicted octanol–water partition coefficient (Wildman–Crippen LogP) is -2.21. The molecule has 1 fully saturated rings. The molecule has 7 nitrogen and oxygen atoms in total. The summed E-state index contributed by atoms with van der Waals surface area (Å²) in [6, 6.07) is 4.72. The maximum atomic E-state index is 12.5. The van der Waals surface area contributed by atoms with Crippen molar-refractivity contribution in [2.75, 3.05) is 46.9 Å². The van der Waals surface area contributed by atoms with E-state index in [2.05, 4.69) is 7.05 Å². The number of aliphatic carboxylic acids is 1. The molecule has 1 N–H and O–H groups in total. The van der Waals surface area contributed by atoms with Gasteiger partial charge in [-0.25, -0.2) is 0 Å². The molecule has 0 atom stereocenters. The molecule has 0 aromatic heterocycles. The standard InChI is InChI=1S/C15H20N2O5/c1-16-5-7-17(8-6-16)15(20)11-3-4-12(13(9-11)21-2)22-10-14(18)19/h3-4,9H,5-8,10H2,1-2H3,(H,18,19). The zero-order valence-corrected chi connectivity index (χ0v) is 12.8. The van der Waals surface area contributed by atoms with E-state index in [9.17, 15) is 14.7 Å². The van der Waals surface area contributed by atoms with Gasteiger partial charge in [0, 0.05) is 5.56 Å². The maximum Gasteiger partial charge on any atom is 0.254 e. The largest absolute Gasteiger partial charge is 0.546 e. The first-order valence-electron chi connectivity index (χ1n) is 7.12. The Morgan fingerprint density at radius 1 is 1.27 bits per heavy atom. The average Bonchev–Trinajstić information content (AvgIpc) is 2.52.